The Bertz CT molecular complexity index is 191. The highest BCUT2D eigenvalue weighted by molar-refractivity contribution is 4.91. The Morgan fingerprint density at radius 2 is 1.81 bits per heavy atom. The van der Waals surface area contributed by atoms with Gasteiger partial charge >= 0.3 is 0 Å². The second-order valence-electron chi connectivity index (χ2n) is 4.90. The quantitative estimate of drug-likeness (QED) is 0.674. The van der Waals surface area contributed by atoms with Crippen LogP contribution in [0.25, 0.3) is 0 Å². The average Bonchev–Trinajstić information content (AvgIpc) is 2.32. The molecule has 1 unspecified atom stereocenters. The van der Waals surface area contributed by atoms with Crippen molar-refractivity contribution in [1.82, 2.24) is 5.32 Å². The zero-order valence-corrected chi connectivity index (χ0v) is 10.8. The minimum absolute atomic E-state index is 0.292. The maximum absolute atomic E-state index is 5.85. The Hall–Kier alpha value is -0.160. The fourth-order valence-electron chi connectivity index (χ4n) is 2.55. The van der Waals surface area contributed by atoms with Crippen molar-refractivity contribution in [3.05, 3.63) is 0 Å². The molecule has 1 atom stereocenters. The molecule has 0 aromatic carbocycles. The molecule has 0 aromatic heterocycles. The van der Waals surface area contributed by atoms with Crippen LogP contribution in [0.4, 0.5) is 0 Å². The summed E-state index contributed by atoms with van der Waals surface area (Å²) < 4.78 is 10.7. The van der Waals surface area contributed by atoms with Crippen LogP contribution in [0.2, 0.25) is 0 Å². The number of nitrogens with two attached hydrogens (primary N) is 1. The third-order valence-corrected chi connectivity index (χ3v) is 3.51. The smallest absolute Gasteiger partial charge is 0.175 e. The van der Waals surface area contributed by atoms with Crippen LogP contribution in [0.5, 0.6) is 0 Å². The van der Waals surface area contributed by atoms with Gasteiger partial charge in [-0.15, -0.1) is 0 Å². The molecule has 0 bridgehead atoms. The van der Waals surface area contributed by atoms with Crippen molar-refractivity contribution in [3.63, 3.8) is 0 Å². The molecule has 0 spiro atoms. The first-order chi connectivity index (χ1) is 7.66. The van der Waals surface area contributed by atoms with Gasteiger partial charge in [-0.1, -0.05) is 19.3 Å². The van der Waals surface area contributed by atoms with Gasteiger partial charge in [0.05, 0.1) is 5.54 Å². The molecular formula is C12H26N2O2. The lowest BCUT2D eigenvalue weighted by Gasteiger charge is -2.39. The molecule has 1 saturated carbocycles. The Kier molecular flexibility index (Phi) is 5.69. The number of nitrogens with one attached hydrogen (secondary N) is 1. The van der Waals surface area contributed by atoms with Crippen molar-refractivity contribution < 1.29 is 9.47 Å². The lowest BCUT2D eigenvalue weighted by molar-refractivity contribution is -0.151. The van der Waals surface area contributed by atoms with Gasteiger partial charge in [0.2, 0.25) is 0 Å². The van der Waals surface area contributed by atoms with E-state index in [1.165, 1.54) is 32.1 Å². The van der Waals surface area contributed by atoms with E-state index in [1.807, 2.05) is 0 Å². The van der Waals surface area contributed by atoms with Crippen molar-refractivity contribution >= 4 is 0 Å². The molecule has 0 saturated heterocycles. The molecule has 16 heavy (non-hydrogen) atoms. The molecule has 4 heteroatoms. The van der Waals surface area contributed by atoms with Gasteiger partial charge in [-0.3, -0.25) is 0 Å². The van der Waals surface area contributed by atoms with Crippen molar-refractivity contribution in [3.8, 4) is 0 Å². The highest BCUT2D eigenvalue weighted by Crippen LogP contribution is 2.22. The summed E-state index contributed by atoms with van der Waals surface area (Å²) in [5, 5.41) is 3.61. The van der Waals surface area contributed by atoms with E-state index in [2.05, 4.69) is 12.2 Å². The monoisotopic (exact) mass is 230 g/mol. The number of hydrogen-bond donors (Lipinski definition) is 2. The molecule has 1 rings (SSSR count). The van der Waals surface area contributed by atoms with E-state index in [-0.39, 0.29) is 11.8 Å². The zero-order valence-electron chi connectivity index (χ0n) is 10.8. The lowest BCUT2D eigenvalue weighted by Crippen LogP contribution is -2.61. The van der Waals surface area contributed by atoms with Crippen LogP contribution in [0, 0.1) is 0 Å². The van der Waals surface area contributed by atoms with Gasteiger partial charge in [-0.25, -0.2) is 0 Å². The molecular weight excluding hydrogens is 204 g/mol. The van der Waals surface area contributed by atoms with Crippen LogP contribution in [0.3, 0.4) is 0 Å². The van der Waals surface area contributed by atoms with Gasteiger partial charge in [0.1, 0.15) is 0 Å². The van der Waals surface area contributed by atoms with Crippen LogP contribution in [-0.4, -0.2) is 38.6 Å². The summed E-state index contributed by atoms with van der Waals surface area (Å²) in [7, 11) is 3.31. The summed E-state index contributed by atoms with van der Waals surface area (Å²) in [6.07, 6.45) is 6.15. The SMILES string of the molecule is COC(OC)C(C)(CN)NC1CCCCC1. The maximum Gasteiger partial charge on any atom is 0.175 e. The van der Waals surface area contributed by atoms with Gasteiger partial charge < -0.3 is 20.5 Å². The van der Waals surface area contributed by atoms with Gasteiger partial charge in [0, 0.05) is 26.8 Å². The van der Waals surface area contributed by atoms with E-state index in [9.17, 15) is 0 Å². The maximum atomic E-state index is 5.85. The van der Waals surface area contributed by atoms with Gasteiger partial charge in [0.15, 0.2) is 6.29 Å². The van der Waals surface area contributed by atoms with Gasteiger partial charge in [-0.05, 0) is 19.8 Å². The van der Waals surface area contributed by atoms with Gasteiger partial charge in [-0.2, -0.15) is 0 Å². The summed E-state index contributed by atoms with van der Waals surface area (Å²) in [6.45, 7) is 2.58. The van der Waals surface area contributed by atoms with Gasteiger partial charge in [0.25, 0.3) is 0 Å². The van der Waals surface area contributed by atoms with Crippen molar-refractivity contribution in [2.24, 2.45) is 5.73 Å². The molecule has 1 fully saturated rings. The third-order valence-electron chi connectivity index (χ3n) is 3.51. The average molecular weight is 230 g/mol. The van der Waals surface area contributed by atoms with E-state index in [4.69, 9.17) is 15.2 Å². The van der Waals surface area contributed by atoms with E-state index >= 15 is 0 Å². The molecule has 0 aromatic rings. The summed E-state index contributed by atoms with van der Waals surface area (Å²) in [4.78, 5) is 0. The molecule has 1 aliphatic carbocycles. The number of hydrogen-bond acceptors (Lipinski definition) is 4. The molecule has 0 radical (unpaired) electrons. The second-order valence-corrected chi connectivity index (χ2v) is 4.90. The van der Waals surface area contributed by atoms with Crippen LogP contribution >= 0.6 is 0 Å². The second kappa shape index (κ2) is 6.55. The summed E-state index contributed by atoms with van der Waals surface area (Å²) in [5.41, 5.74) is 5.55. The van der Waals surface area contributed by atoms with Crippen molar-refractivity contribution in [1.29, 1.82) is 0 Å². The number of methoxy groups -OCH3 is 2. The molecule has 1 aliphatic rings. The topological polar surface area (TPSA) is 56.5 Å². The van der Waals surface area contributed by atoms with Crippen molar-refractivity contribution in [2.75, 3.05) is 20.8 Å². The van der Waals surface area contributed by atoms with Crippen molar-refractivity contribution in [2.45, 2.75) is 56.9 Å². The first-order valence-corrected chi connectivity index (χ1v) is 6.19. The first-order valence-electron chi connectivity index (χ1n) is 6.19. The van der Waals surface area contributed by atoms with E-state index in [0.717, 1.165) is 0 Å². The zero-order chi connectivity index (χ0) is 12.0. The highest BCUT2D eigenvalue weighted by Gasteiger charge is 2.35. The van der Waals surface area contributed by atoms with Crippen LogP contribution in [0.15, 0.2) is 0 Å². The Balaban J connectivity index is 2.56. The minimum Gasteiger partial charge on any atom is -0.354 e. The van der Waals surface area contributed by atoms with Crippen LogP contribution in [0.1, 0.15) is 39.0 Å². The molecule has 0 heterocycles. The van der Waals surface area contributed by atoms with E-state index in [1.54, 1.807) is 14.2 Å². The number of ether oxygens (including phenoxy) is 2. The molecule has 0 aliphatic heterocycles. The Morgan fingerprint density at radius 1 is 1.25 bits per heavy atom. The predicted molar refractivity (Wildman–Crippen MR) is 65.3 cm³/mol. The molecule has 4 nitrogen and oxygen atoms in total. The standard InChI is InChI=1S/C12H26N2O2/c1-12(9-13,11(15-2)16-3)14-10-7-5-4-6-8-10/h10-11,14H,4-9,13H2,1-3H3. The number of rotatable bonds is 6. The molecule has 3 N–H and O–H groups in total. The Labute approximate surface area is 98.9 Å². The van der Waals surface area contributed by atoms with Crippen LogP contribution < -0.4 is 11.1 Å². The Morgan fingerprint density at radius 3 is 2.25 bits per heavy atom. The molecule has 0 amide bonds. The minimum atomic E-state index is -0.300. The summed E-state index contributed by atoms with van der Waals surface area (Å²) in [6, 6.07) is 0.551. The summed E-state index contributed by atoms with van der Waals surface area (Å²) >= 11 is 0. The largest absolute Gasteiger partial charge is 0.354 e. The molecule has 96 valence electrons. The highest BCUT2D eigenvalue weighted by atomic mass is 16.7. The predicted octanol–water partition coefficient (Wildman–Crippen LogP) is 1.24. The van der Waals surface area contributed by atoms with Crippen LogP contribution in [-0.2, 0) is 9.47 Å². The first kappa shape index (κ1) is 13.9. The fourth-order valence-corrected chi connectivity index (χ4v) is 2.55. The lowest BCUT2D eigenvalue weighted by atomic mass is 9.91. The third kappa shape index (κ3) is 3.42. The van der Waals surface area contributed by atoms with E-state index < -0.39 is 0 Å². The fraction of sp³-hybridized carbons (Fsp3) is 1.00. The normalized spacial score (nSPS) is 22.3. The summed E-state index contributed by atoms with van der Waals surface area (Å²) in [5.74, 6) is 0. The van der Waals surface area contributed by atoms with E-state index in [0.29, 0.717) is 12.6 Å².